The van der Waals surface area contributed by atoms with E-state index in [4.69, 9.17) is 10.1 Å². The molecule has 5 aromatic carbocycles. The van der Waals surface area contributed by atoms with Gasteiger partial charge < -0.3 is 0 Å². The third-order valence-corrected chi connectivity index (χ3v) is 9.15. The fourth-order valence-electron chi connectivity index (χ4n) is 6.06. The van der Waals surface area contributed by atoms with Gasteiger partial charge in [0.2, 0.25) is 0 Å². The Labute approximate surface area is 233 Å². The largest absolute Gasteiger partial charge is 0.247 e. The molecule has 0 aliphatic rings. The van der Waals surface area contributed by atoms with Gasteiger partial charge in [0.1, 0.15) is 0 Å². The molecule has 0 unspecified atom stereocenters. The molecule has 4 heterocycles. The topological polar surface area (TPSA) is 30.2 Å². The lowest BCUT2D eigenvalue weighted by Gasteiger charge is -2.11. The Morgan fingerprint density at radius 1 is 0.475 bits per heavy atom. The van der Waals surface area contributed by atoms with Crippen LogP contribution in [0, 0.1) is 0 Å². The van der Waals surface area contributed by atoms with Gasteiger partial charge in [0.25, 0.3) is 0 Å². The second-order valence-corrected chi connectivity index (χ2v) is 11.4. The van der Waals surface area contributed by atoms with E-state index in [1.54, 1.807) is 0 Å². The maximum Gasteiger partial charge on any atom is 0.0933 e. The fraction of sp³-hybridized carbons (Fsp3) is 0. The number of para-hydroxylation sites is 1. The molecule has 0 fully saturated rings. The van der Waals surface area contributed by atoms with Crippen molar-refractivity contribution < 1.29 is 0 Å². The van der Waals surface area contributed by atoms with Gasteiger partial charge in [-0.05, 0) is 47.3 Å². The molecule has 9 aromatic rings. The number of thiophene rings is 1. The molecule has 0 radical (unpaired) electrons. The SMILES string of the molecule is c1ccc2c(c1)nc(-c1ccc(-c3ccc4c5ccccc5nn4c3)cc1)c1cc3sc4ccccc4c3cc12. The van der Waals surface area contributed by atoms with Crippen molar-refractivity contribution in [3.8, 4) is 22.4 Å². The van der Waals surface area contributed by atoms with Gasteiger partial charge in [0, 0.05) is 53.7 Å². The van der Waals surface area contributed by atoms with Crippen LogP contribution in [0.4, 0.5) is 0 Å². The van der Waals surface area contributed by atoms with Crippen molar-refractivity contribution >= 4 is 69.6 Å². The van der Waals surface area contributed by atoms with Crippen molar-refractivity contribution in [1.29, 1.82) is 0 Å². The Morgan fingerprint density at radius 3 is 2.05 bits per heavy atom. The Morgan fingerprint density at radius 2 is 1.18 bits per heavy atom. The Kier molecular flexibility index (Phi) is 4.48. The molecule has 4 aromatic heterocycles. The predicted molar refractivity (Wildman–Crippen MR) is 169 cm³/mol. The molecule has 0 aliphatic carbocycles. The van der Waals surface area contributed by atoms with Crippen molar-refractivity contribution in [2.24, 2.45) is 0 Å². The van der Waals surface area contributed by atoms with E-state index >= 15 is 0 Å². The van der Waals surface area contributed by atoms with Crippen molar-refractivity contribution in [2.45, 2.75) is 0 Å². The average molecular weight is 528 g/mol. The highest BCUT2D eigenvalue weighted by molar-refractivity contribution is 7.25. The third kappa shape index (κ3) is 3.17. The second kappa shape index (κ2) is 8.22. The van der Waals surface area contributed by atoms with Crippen LogP contribution >= 0.6 is 11.3 Å². The lowest BCUT2D eigenvalue weighted by atomic mass is 9.97. The zero-order valence-electron chi connectivity index (χ0n) is 21.4. The first-order valence-corrected chi connectivity index (χ1v) is 14.2. The Hall–Kier alpha value is -5.06. The van der Waals surface area contributed by atoms with Crippen LogP contribution in [0.2, 0.25) is 0 Å². The number of aromatic nitrogens is 3. The molecule has 186 valence electrons. The number of hydrogen-bond acceptors (Lipinski definition) is 3. The Balaban J connectivity index is 1.22. The monoisotopic (exact) mass is 527 g/mol. The first-order chi connectivity index (χ1) is 19.8. The molecule has 0 bridgehead atoms. The number of benzene rings is 5. The first kappa shape index (κ1) is 21.8. The zero-order chi connectivity index (χ0) is 26.2. The van der Waals surface area contributed by atoms with Crippen LogP contribution in [0.3, 0.4) is 0 Å². The second-order valence-electron chi connectivity index (χ2n) is 10.3. The summed E-state index contributed by atoms with van der Waals surface area (Å²) in [5.41, 5.74) is 7.58. The molecule has 0 saturated heterocycles. The van der Waals surface area contributed by atoms with Crippen molar-refractivity contribution in [1.82, 2.24) is 14.6 Å². The molecule has 0 atom stereocenters. The molecular weight excluding hydrogens is 506 g/mol. The van der Waals surface area contributed by atoms with Gasteiger partial charge >= 0.3 is 0 Å². The van der Waals surface area contributed by atoms with Crippen LogP contribution < -0.4 is 0 Å². The summed E-state index contributed by atoms with van der Waals surface area (Å²) in [6.07, 6.45) is 2.12. The summed E-state index contributed by atoms with van der Waals surface area (Å²) in [5, 5.41) is 12.2. The molecule has 3 nitrogen and oxygen atoms in total. The average Bonchev–Trinajstić information content (AvgIpc) is 3.57. The lowest BCUT2D eigenvalue weighted by molar-refractivity contribution is 0.983. The third-order valence-electron chi connectivity index (χ3n) is 8.01. The molecule has 0 amide bonds. The van der Waals surface area contributed by atoms with E-state index in [1.807, 2.05) is 21.9 Å². The molecule has 9 rings (SSSR count). The van der Waals surface area contributed by atoms with E-state index in [1.165, 1.54) is 41.7 Å². The summed E-state index contributed by atoms with van der Waals surface area (Å²) < 4.78 is 4.60. The minimum Gasteiger partial charge on any atom is -0.247 e. The first-order valence-electron chi connectivity index (χ1n) is 13.4. The molecule has 0 saturated carbocycles. The van der Waals surface area contributed by atoms with Crippen molar-refractivity contribution in [3.05, 3.63) is 128 Å². The van der Waals surface area contributed by atoms with E-state index in [0.29, 0.717) is 0 Å². The Bertz CT molecular complexity index is 2430. The molecule has 4 heteroatoms. The van der Waals surface area contributed by atoms with Gasteiger partial charge in [-0.25, -0.2) is 9.50 Å². The summed E-state index contributed by atoms with van der Waals surface area (Å²) >= 11 is 1.85. The lowest BCUT2D eigenvalue weighted by Crippen LogP contribution is -1.91. The maximum absolute atomic E-state index is 5.19. The molecule has 0 spiro atoms. The van der Waals surface area contributed by atoms with Crippen molar-refractivity contribution in [2.75, 3.05) is 0 Å². The van der Waals surface area contributed by atoms with Gasteiger partial charge in [-0.3, -0.25) is 0 Å². The minimum absolute atomic E-state index is 1.01. The normalized spacial score (nSPS) is 12.0. The zero-order valence-corrected chi connectivity index (χ0v) is 22.2. The van der Waals surface area contributed by atoms with Crippen LogP contribution in [0.1, 0.15) is 0 Å². The van der Waals surface area contributed by atoms with E-state index in [9.17, 15) is 0 Å². The predicted octanol–water partition coefficient (Wildman–Crippen LogP) is 9.89. The van der Waals surface area contributed by atoms with Crippen LogP contribution in [0.15, 0.2) is 128 Å². The van der Waals surface area contributed by atoms with E-state index in [2.05, 4.69) is 121 Å². The number of fused-ring (bicyclic) bond motifs is 9. The summed E-state index contributed by atoms with van der Waals surface area (Å²) in [4.78, 5) is 5.19. The van der Waals surface area contributed by atoms with Gasteiger partial charge in [-0.2, -0.15) is 5.10 Å². The highest BCUT2D eigenvalue weighted by atomic mass is 32.1. The highest BCUT2D eigenvalue weighted by Crippen LogP contribution is 2.41. The van der Waals surface area contributed by atoms with Crippen LogP contribution in [0.5, 0.6) is 0 Å². The maximum atomic E-state index is 5.19. The van der Waals surface area contributed by atoms with Gasteiger partial charge in [0.05, 0.1) is 22.2 Å². The fourth-order valence-corrected chi connectivity index (χ4v) is 7.19. The highest BCUT2D eigenvalue weighted by Gasteiger charge is 2.14. The van der Waals surface area contributed by atoms with E-state index in [-0.39, 0.29) is 0 Å². The van der Waals surface area contributed by atoms with Crippen LogP contribution in [-0.4, -0.2) is 14.6 Å². The van der Waals surface area contributed by atoms with Gasteiger partial charge in [-0.15, -0.1) is 11.3 Å². The van der Waals surface area contributed by atoms with Crippen molar-refractivity contribution in [3.63, 3.8) is 0 Å². The van der Waals surface area contributed by atoms with E-state index in [0.717, 1.165) is 38.9 Å². The number of hydrogen-bond donors (Lipinski definition) is 0. The summed E-state index contributed by atoms with van der Waals surface area (Å²) in [6, 6.07) is 43.3. The quantitative estimate of drug-likeness (QED) is 0.209. The van der Waals surface area contributed by atoms with Crippen LogP contribution in [0.25, 0.3) is 80.7 Å². The smallest absolute Gasteiger partial charge is 0.0933 e. The molecule has 0 aliphatic heterocycles. The minimum atomic E-state index is 1.01. The molecule has 40 heavy (non-hydrogen) atoms. The number of rotatable bonds is 2. The number of nitrogens with zero attached hydrogens (tertiary/aromatic N) is 3. The summed E-state index contributed by atoms with van der Waals surface area (Å²) in [5.74, 6) is 0. The summed E-state index contributed by atoms with van der Waals surface area (Å²) in [6.45, 7) is 0. The standard InChI is InChI=1S/C36H21N3S/c1-4-10-31-25(7-1)28-19-29-26-8-3-6-12-34(26)40-35(29)20-30(28)36(37-31)23-15-13-22(14-16-23)24-17-18-33-27-9-2-5-11-32(27)38-39(33)21-24/h1-21H. The van der Waals surface area contributed by atoms with Gasteiger partial charge in [-0.1, -0.05) is 84.9 Å². The summed E-state index contributed by atoms with van der Waals surface area (Å²) in [7, 11) is 0. The molecular formula is C36H21N3S. The number of pyridine rings is 2. The molecule has 0 N–H and O–H groups in total. The van der Waals surface area contributed by atoms with Gasteiger partial charge in [0.15, 0.2) is 0 Å². The van der Waals surface area contributed by atoms with Crippen LogP contribution in [-0.2, 0) is 0 Å². The van der Waals surface area contributed by atoms with E-state index < -0.39 is 0 Å².